The van der Waals surface area contributed by atoms with Gasteiger partial charge in [0.2, 0.25) is 10.0 Å². The van der Waals surface area contributed by atoms with Gasteiger partial charge in [0.25, 0.3) is 0 Å². The molecule has 118 valence electrons. The van der Waals surface area contributed by atoms with Crippen molar-refractivity contribution in [2.45, 2.75) is 43.5 Å². The summed E-state index contributed by atoms with van der Waals surface area (Å²) in [5.41, 5.74) is 0.578. The number of sulfonamides is 1. The van der Waals surface area contributed by atoms with Crippen LogP contribution in [-0.2, 0) is 10.0 Å². The van der Waals surface area contributed by atoms with E-state index in [1.807, 2.05) is 6.92 Å². The van der Waals surface area contributed by atoms with Crippen LogP contribution in [0.1, 0.15) is 32.6 Å². The number of aromatic nitrogens is 1. The Labute approximate surface area is 126 Å². The van der Waals surface area contributed by atoms with E-state index in [0.717, 1.165) is 25.7 Å². The Morgan fingerprint density at radius 1 is 1.48 bits per heavy atom. The first-order valence-corrected chi connectivity index (χ1v) is 8.85. The van der Waals surface area contributed by atoms with Gasteiger partial charge < -0.3 is 10.4 Å². The normalized spacial score (nSPS) is 16.0. The Bertz CT molecular complexity index is 558. The predicted molar refractivity (Wildman–Crippen MR) is 81.6 cm³/mol. The standard InChI is InChI=1S/C14H23N3O3S/c1-2-7-16-13-6-8-15-11-14(13)21(19,20)17(9-10-18)12-4-3-5-12/h6,8,11-12,18H,2-5,7,9-10H2,1H3,(H,15,16). The van der Waals surface area contributed by atoms with Gasteiger partial charge in [-0.2, -0.15) is 4.31 Å². The van der Waals surface area contributed by atoms with E-state index in [1.54, 1.807) is 12.3 Å². The molecule has 1 aliphatic rings. The highest BCUT2D eigenvalue weighted by Crippen LogP contribution is 2.31. The molecule has 1 aromatic heterocycles. The van der Waals surface area contributed by atoms with E-state index in [-0.39, 0.29) is 24.1 Å². The molecule has 1 aliphatic carbocycles. The van der Waals surface area contributed by atoms with Gasteiger partial charge in [0.1, 0.15) is 4.90 Å². The molecule has 1 aromatic rings. The van der Waals surface area contributed by atoms with Crippen molar-refractivity contribution >= 4 is 15.7 Å². The van der Waals surface area contributed by atoms with Gasteiger partial charge in [0, 0.05) is 31.5 Å². The molecule has 0 unspecified atom stereocenters. The molecular formula is C14H23N3O3S. The van der Waals surface area contributed by atoms with E-state index in [4.69, 9.17) is 0 Å². The summed E-state index contributed by atoms with van der Waals surface area (Å²) in [6, 6.07) is 1.68. The summed E-state index contributed by atoms with van der Waals surface area (Å²) in [7, 11) is -3.64. The summed E-state index contributed by atoms with van der Waals surface area (Å²) in [6.07, 6.45) is 6.63. The molecule has 0 amide bonds. The zero-order valence-corrected chi connectivity index (χ0v) is 13.1. The van der Waals surface area contributed by atoms with Crippen LogP contribution in [0.5, 0.6) is 0 Å². The van der Waals surface area contributed by atoms with Crippen molar-refractivity contribution in [2.75, 3.05) is 25.0 Å². The maximum atomic E-state index is 12.9. The van der Waals surface area contributed by atoms with Crippen LogP contribution < -0.4 is 5.32 Å². The Morgan fingerprint density at radius 2 is 2.24 bits per heavy atom. The Kier molecular flexibility index (Phi) is 5.55. The van der Waals surface area contributed by atoms with Crippen LogP contribution in [0.4, 0.5) is 5.69 Å². The number of pyridine rings is 1. The molecule has 2 N–H and O–H groups in total. The topological polar surface area (TPSA) is 82.5 Å². The summed E-state index contributed by atoms with van der Waals surface area (Å²) >= 11 is 0. The molecule has 0 spiro atoms. The number of nitrogens with zero attached hydrogens (tertiary/aromatic N) is 2. The monoisotopic (exact) mass is 313 g/mol. The van der Waals surface area contributed by atoms with Crippen molar-refractivity contribution in [2.24, 2.45) is 0 Å². The number of nitrogens with one attached hydrogen (secondary N) is 1. The molecule has 21 heavy (non-hydrogen) atoms. The lowest BCUT2D eigenvalue weighted by Gasteiger charge is -2.36. The van der Waals surface area contributed by atoms with Crippen LogP contribution in [0, 0.1) is 0 Å². The van der Waals surface area contributed by atoms with Crippen LogP contribution in [0.2, 0.25) is 0 Å². The van der Waals surface area contributed by atoms with E-state index < -0.39 is 10.0 Å². The number of anilines is 1. The van der Waals surface area contributed by atoms with Crippen molar-refractivity contribution in [1.82, 2.24) is 9.29 Å². The first-order valence-electron chi connectivity index (χ1n) is 7.41. The molecule has 0 aromatic carbocycles. The van der Waals surface area contributed by atoms with Gasteiger partial charge >= 0.3 is 0 Å². The third-order valence-electron chi connectivity index (χ3n) is 3.74. The lowest BCUT2D eigenvalue weighted by atomic mass is 9.93. The van der Waals surface area contributed by atoms with Crippen molar-refractivity contribution in [3.63, 3.8) is 0 Å². The molecule has 7 heteroatoms. The van der Waals surface area contributed by atoms with Gasteiger partial charge in [-0.15, -0.1) is 0 Å². The molecule has 0 saturated heterocycles. The van der Waals surface area contributed by atoms with Crippen LogP contribution in [-0.4, -0.2) is 48.6 Å². The molecule has 6 nitrogen and oxygen atoms in total. The minimum Gasteiger partial charge on any atom is -0.395 e. The zero-order chi connectivity index (χ0) is 15.3. The molecule has 0 atom stereocenters. The van der Waals surface area contributed by atoms with Gasteiger partial charge in [-0.3, -0.25) is 4.98 Å². The van der Waals surface area contributed by atoms with Crippen LogP contribution in [0.25, 0.3) is 0 Å². The van der Waals surface area contributed by atoms with E-state index in [9.17, 15) is 13.5 Å². The summed E-state index contributed by atoms with van der Waals surface area (Å²) < 4.78 is 27.2. The van der Waals surface area contributed by atoms with E-state index in [2.05, 4.69) is 10.3 Å². The highest BCUT2D eigenvalue weighted by molar-refractivity contribution is 7.89. The summed E-state index contributed by atoms with van der Waals surface area (Å²) in [4.78, 5) is 4.15. The third-order valence-corrected chi connectivity index (χ3v) is 5.72. The molecular weight excluding hydrogens is 290 g/mol. The molecule has 2 rings (SSSR count). The summed E-state index contributed by atoms with van der Waals surface area (Å²) in [5, 5.41) is 12.3. The van der Waals surface area contributed by atoms with Crippen LogP contribution in [0.3, 0.4) is 0 Å². The molecule has 0 radical (unpaired) electrons. The van der Waals surface area contributed by atoms with Gasteiger partial charge in [0.15, 0.2) is 0 Å². The predicted octanol–water partition coefficient (Wildman–Crippen LogP) is 1.44. The van der Waals surface area contributed by atoms with Gasteiger partial charge in [0.05, 0.1) is 12.3 Å². The SMILES string of the molecule is CCCNc1ccncc1S(=O)(=O)N(CCO)C1CCC1. The number of rotatable bonds is 8. The Balaban J connectivity index is 2.32. The van der Waals surface area contributed by atoms with E-state index in [1.165, 1.54) is 10.5 Å². The van der Waals surface area contributed by atoms with Crippen molar-refractivity contribution in [3.8, 4) is 0 Å². The lowest BCUT2D eigenvalue weighted by molar-refractivity contribution is 0.178. The average Bonchev–Trinajstić information content (AvgIpc) is 2.43. The molecule has 1 heterocycles. The number of hydrogen-bond acceptors (Lipinski definition) is 5. The zero-order valence-electron chi connectivity index (χ0n) is 12.3. The van der Waals surface area contributed by atoms with Gasteiger partial charge in [-0.1, -0.05) is 13.3 Å². The van der Waals surface area contributed by atoms with E-state index >= 15 is 0 Å². The quantitative estimate of drug-likeness (QED) is 0.759. The van der Waals surface area contributed by atoms with Gasteiger partial charge in [-0.25, -0.2) is 8.42 Å². The largest absolute Gasteiger partial charge is 0.395 e. The van der Waals surface area contributed by atoms with Crippen LogP contribution in [0.15, 0.2) is 23.4 Å². The van der Waals surface area contributed by atoms with Crippen molar-refractivity contribution in [1.29, 1.82) is 0 Å². The Morgan fingerprint density at radius 3 is 2.81 bits per heavy atom. The number of aliphatic hydroxyl groups is 1. The van der Waals surface area contributed by atoms with Crippen molar-refractivity contribution in [3.05, 3.63) is 18.5 Å². The first-order chi connectivity index (χ1) is 10.1. The van der Waals surface area contributed by atoms with Crippen molar-refractivity contribution < 1.29 is 13.5 Å². The summed E-state index contributed by atoms with van der Waals surface area (Å²) in [5.74, 6) is 0. The minimum absolute atomic E-state index is 0.00128. The smallest absolute Gasteiger partial charge is 0.246 e. The molecule has 1 saturated carbocycles. The fourth-order valence-electron chi connectivity index (χ4n) is 2.39. The third kappa shape index (κ3) is 3.53. The fraction of sp³-hybridized carbons (Fsp3) is 0.643. The summed E-state index contributed by atoms with van der Waals surface area (Å²) in [6.45, 7) is 2.69. The highest BCUT2D eigenvalue weighted by Gasteiger charge is 2.35. The Hall–Kier alpha value is -1.18. The molecule has 0 bridgehead atoms. The van der Waals surface area contributed by atoms with Gasteiger partial charge in [-0.05, 0) is 25.3 Å². The highest BCUT2D eigenvalue weighted by atomic mass is 32.2. The molecule has 0 aliphatic heterocycles. The second-order valence-electron chi connectivity index (χ2n) is 5.22. The maximum Gasteiger partial charge on any atom is 0.246 e. The lowest BCUT2D eigenvalue weighted by Crippen LogP contribution is -2.45. The maximum absolute atomic E-state index is 12.9. The second kappa shape index (κ2) is 7.20. The van der Waals surface area contributed by atoms with Crippen LogP contribution >= 0.6 is 0 Å². The minimum atomic E-state index is -3.64. The first kappa shape index (κ1) is 16.2. The average molecular weight is 313 g/mol. The second-order valence-corrected chi connectivity index (χ2v) is 7.08. The molecule has 1 fully saturated rings. The number of hydrogen-bond donors (Lipinski definition) is 2. The fourth-order valence-corrected chi connectivity index (χ4v) is 4.18. The van der Waals surface area contributed by atoms with E-state index in [0.29, 0.717) is 12.2 Å². The number of aliphatic hydroxyl groups excluding tert-OH is 1.